The second-order valence-corrected chi connectivity index (χ2v) is 1.45. The van der Waals surface area contributed by atoms with E-state index in [1.54, 1.807) is 0 Å². The fourth-order valence-electron chi connectivity index (χ4n) is 0.418. The highest BCUT2D eigenvalue weighted by Gasteiger charge is 2.16. The Morgan fingerprint density at radius 2 is 2.50 bits per heavy atom. The molecule has 1 unspecified atom stereocenters. The zero-order chi connectivity index (χ0) is 5.98. The second-order valence-electron chi connectivity index (χ2n) is 1.45. The zero-order valence-electron chi connectivity index (χ0n) is 4.16. The Bertz CT molecular complexity index is 90.2. The number of aliphatic hydroxyl groups excluding tert-OH is 1. The van der Waals surface area contributed by atoms with E-state index < -0.39 is 12.3 Å². The molecule has 0 radical (unpaired) electrons. The molecule has 0 amide bonds. The fourth-order valence-corrected chi connectivity index (χ4v) is 0.418. The molecule has 0 bridgehead atoms. The summed E-state index contributed by atoms with van der Waals surface area (Å²) in [5.41, 5.74) is 0. The van der Waals surface area contributed by atoms with Crippen molar-refractivity contribution < 1.29 is 19.4 Å². The first-order valence-electron chi connectivity index (χ1n) is 2.24. The van der Waals surface area contributed by atoms with E-state index in [9.17, 15) is 4.79 Å². The maximum Gasteiger partial charge on any atom is 0.332 e. The van der Waals surface area contributed by atoms with Crippen LogP contribution >= 0.6 is 0 Å². The second kappa shape index (κ2) is 2.11. The molecule has 0 aromatic rings. The monoisotopic (exact) mass is 118 g/mol. The maximum absolute atomic E-state index is 10.2. The molecule has 4 heteroatoms. The van der Waals surface area contributed by atoms with Gasteiger partial charge in [-0.15, -0.1) is 0 Å². The summed E-state index contributed by atoms with van der Waals surface area (Å²) in [5.74, 6) is -0.421. The number of rotatable bonds is 0. The summed E-state index contributed by atoms with van der Waals surface area (Å²) >= 11 is 0. The molecule has 1 atom stereocenters. The molecule has 1 fully saturated rings. The van der Waals surface area contributed by atoms with E-state index in [1.165, 1.54) is 0 Å². The minimum atomic E-state index is -0.923. The van der Waals surface area contributed by atoms with Crippen LogP contribution in [0.25, 0.3) is 0 Å². The van der Waals surface area contributed by atoms with Gasteiger partial charge in [0.05, 0.1) is 0 Å². The third kappa shape index (κ3) is 1.18. The third-order valence-corrected chi connectivity index (χ3v) is 0.780. The lowest BCUT2D eigenvalue weighted by atomic mass is 10.6. The lowest BCUT2D eigenvalue weighted by Gasteiger charge is -2.16. The van der Waals surface area contributed by atoms with E-state index in [-0.39, 0.29) is 13.2 Å². The van der Waals surface area contributed by atoms with Crippen molar-refractivity contribution in [2.45, 2.75) is 6.29 Å². The van der Waals surface area contributed by atoms with Crippen molar-refractivity contribution in [3.63, 3.8) is 0 Å². The smallest absolute Gasteiger partial charge is 0.332 e. The van der Waals surface area contributed by atoms with E-state index in [0.717, 1.165) is 0 Å². The molecule has 1 aliphatic heterocycles. The average molecular weight is 118 g/mol. The fraction of sp³-hybridized carbons (Fsp3) is 0.750. The molecular weight excluding hydrogens is 112 g/mol. The van der Waals surface area contributed by atoms with Crippen molar-refractivity contribution in [2.24, 2.45) is 0 Å². The largest absolute Gasteiger partial charge is 0.459 e. The van der Waals surface area contributed by atoms with Gasteiger partial charge in [0.1, 0.15) is 13.2 Å². The van der Waals surface area contributed by atoms with Crippen LogP contribution < -0.4 is 0 Å². The van der Waals surface area contributed by atoms with Crippen LogP contribution in [-0.4, -0.2) is 30.6 Å². The Labute approximate surface area is 46.0 Å². The Morgan fingerprint density at radius 1 is 1.75 bits per heavy atom. The average Bonchev–Trinajstić information content (AvgIpc) is 1.77. The lowest BCUT2D eigenvalue weighted by molar-refractivity contribution is -0.199. The first-order valence-corrected chi connectivity index (χ1v) is 2.24. The molecule has 0 aliphatic carbocycles. The SMILES string of the molecule is O=C1COC(O)CO1. The molecule has 0 aromatic carbocycles. The van der Waals surface area contributed by atoms with E-state index >= 15 is 0 Å². The van der Waals surface area contributed by atoms with Gasteiger partial charge in [-0.3, -0.25) is 0 Å². The molecular formula is C4H6O4. The van der Waals surface area contributed by atoms with Crippen molar-refractivity contribution in [2.75, 3.05) is 13.2 Å². The molecule has 0 spiro atoms. The molecule has 0 saturated carbocycles. The van der Waals surface area contributed by atoms with Gasteiger partial charge in [-0.2, -0.15) is 0 Å². The lowest BCUT2D eigenvalue weighted by Crippen LogP contribution is -2.31. The highest BCUT2D eigenvalue weighted by molar-refractivity contribution is 5.71. The Kier molecular flexibility index (Phi) is 1.45. The van der Waals surface area contributed by atoms with Gasteiger partial charge in [-0.1, -0.05) is 0 Å². The number of hydrogen-bond donors (Lipinski definition) is 1. The van der Waals surface area contributed by atoms with Gasteiger partial charge in [0.25, 0.3) is 0 Å². The highest BCUT2D eigenvalue weighted by Crippen LogP contribution is 1.96. The number of carbonyl (C=O) groups excluding carboxylic acids is 1. The van der Waals surface area contributed by atoms with Crippen LogP contribution in [0.4, 0.5) is 0 Å². The molecule has 1 N–H and O–H groups in total. The minimum Gasteiger partial charge on any atom is -0.459 e. The topological polar surface area (TPSA) is 55.8 Å². The third-order valence-electron chi connectivity index (χ3n) is 0.780. The number of esters is 1. The van der Waals surface area contributed by atoms with E-state index in [1.807, 2.05) is 0 Å². The molecule has 1 rings (SSSR count). The Balaban J connectivity index is 2.29. The summed E-state index contributed by atoms with van der Waals surface area (Å²) in [4.78, 5) is 10.2. The first kappa shape index (κ1) is 5.53. The number of hydrogen-bond acceptors (Lipinski definition) is 4. The number of aliphatic hydroxyl groups is 1. The Hall–Kier alpha value is -0.610. The van der Waals surface area contributed by atoms with Crippen LogP contribution in [0.1, 0.15) is 0 Å². The van der Waals surface area contributed by atoms with Crippen molar-refractivity contribution in [1.29, 1.82) is 0 Å². The normalized spacial score (nSPS) is 29.6. The summed E-state index contributed by atoms with van der Waals surface area (Å²) in [6.07, 6.45) is -0.923. The van der Waals surface area contributed by atoms with Gasteiger partial charge in [-0.05, 0) is 0 Å². The summed E-state index contributed by atoms with van der Waals surface area (Å²) in [6, 6.07) is 0. The molecule has 1 heterocycles. The van der Waals surface area contributed by atoms with Crippen molar-refractivity contribution in [1.82, 2.24) is 0 Å². The summed E-state index contributed by atoms with van der Waals surface area (Å²) < 4.78 is 8.85. The molecule has 4 nitrogen and oxygen atoms in total. The summed E-state index contributed by atoms with van der Waals surface area (Å²) in [6.45, 7) is -0.181. The summed E-state index contributed by atoms with van der Waals surface area (Å²) in [5, 5.41) is 8.53. The summed E-state index contributed by atoms with van der Waals surface area (Å²) in [7, 11) is 0. The van der Waals surface area contributed by atoms with Crippen molar-refractivity contribution in [3.05, 3.63) is 0 Å². The van der Waals surface area contributed by atoms with Crippen LogP contribution in [0.5, 0.6) is 0 Å². The number of ether oxygens (including phenoxy) is 2. The zero-order valence-corrected chi connectivity index (χ0v) is 4.16. The van der Waals surface area contributed by atoms with Gasteiger partial charge >= 0.3 is 5.97 Å². The molecule has 0 aromatic heterocycles. The predicted octanol–water partition coefficient (Wildman–Crippen LogP) is -1.12. The molecule has 46 valence electrons. The van der Waals surface area contributed by atoms with Crippen LogP contribution in [0.2, 0.25) is 0 Å². The Morgan fingerprint density at radius 3 is 2.88 bits per heavy atom. The van der Waals surface area contributed by atoms with Gasteiger partial charge in [-0.25, -0.2) is 4.79 Å². The van der Waals surface area contributed by atoms with Gasteiger partial charge in [0, 0.05) is 0 Å². The first-order chi connectivity index (χ1) is 3.79. The molecule has 1 aliphatic rings. The predicted molar refractivity (Wildman–Crippen MR) is 22.9 cm³/mol. The number of cyclic esters (lactones) is 1. The van der Waals surface area contributed by atoms with Crippen molar-refractivity contribution in [3.8, 4) is 0 Å². The highest BCUT2D eigenvalue weighted by atomic mass is 16.7. The van der Waals surface area contributed by atoms with Crippen molar-refractivity contribution >= 4 is 5.97 Å². The van der Waals surface area contributed by atoms with Gasteiger partial charge in [0.15, 0.2) is 6.29 Å². The quantitative estimate of drug-likeness (QED) is 0.409. The molecule has 1 saturated heterocycles. The van der Waals surface area contributed by atoms with Gasteiger partial charge < -0.3 is 14.6 Å². The number of carbonyl (C=O) groups is 1. The maximum atomic E-state index is 10.2. The van der Waals surface area contributed by atoms with Crippen LogP contribution in [-0.2, 0) is 14.3 Å². The van der Waals surface area contributed by atoms with E-state index in [2.05, 4.69) is 9.47 Å². The minimum absolute atomic E-state index is 0.0428. The van der Waals surface area contributed by atoms with Crippen LogP contribution in [0.3, 0.4) is 0 Å². The van der Waals surface area contributed by atoms with E-state index in [4.69, 9.17) is 5.11 Å². The standard InChI is InChI=1S/C4H6O4/c5-3-1-7-4(6)2-8-3/h3,5H,1-2H2. The van der Waals surface area contributed by atoms with Gasteiger partial charge in [0.2, 0.25) is 0 Å². The molecule has 8 heavy (non-hydrogen) atoms. The van der Waals surface area contributed by atoms with Crippen LogP contribution in [0, 0.1) is 0 Å². The van der Waals surface area contributed by atoms with Crippen LogP contribution in [0.15, 0.2) is 0 Å². The van der Waals surface area contributed by atoms with E-state index in [0.29, 0.717) is 0 Å².